The smallest absolute Gasteiger partial charge is 0.268 e. The summed E-state index contributed by atoms with van der Waals surface area (Å²) in [6.07, 6.45) is 2.12. The number of rotatable bonds is 8. The van der Waals surface area contributed by atoms with Crippen molar-refractivity contribution < 1.29 is 32.2 Å². The highest BCUT2D eigenvalue weighted by molar-refractivity contribution is 7.90. The Morgan fingerprint density at radius 3 is 2.37 bits per heavy atom. The van der Waals surface area contributed by atoms with E-state index in [4.69, 9.17) is 13.9 Å². The first-order valence-corrected chi connectivity index (χ1v) is 14.1. The van der Waals surface area contributed by atoms with E-state index in [0.29, 0.717) is 54.4 Å². The van der Waals surface area contributed by atoms with Crippen LogP contribution in [0.2, 0.25) is 0 Å². The maximum atomic E-state index is 13.1. The molecule has 2 heterocycles. The molecule has 0 bridgehead atoms. The van der Waals surface area contributed by atoms with Crippen molar-refractivity contribution in [3.8, 4) is 28.3 Å². The third-order valence-electron chi connectivity index (χ3n) is 6.52. The molecule has 0 radical (unpaired) electrons. The first kappa shape index (κ1) is 25.8. The number of hydrogen-bond acceptors (Lipinski definition) is 8. The molecular weight excluding hydrogens is 506 g/mol. The molecule has 0 saturated carbocycles. The molecule has 0 unspecified atom stereocenters. The number of aliphatic hydroxyl groups is 1. The molecule has 1 N–H and O–H groups in total. The number of Topliss-reactive ketones (excluding diaryl/α,β-unsaturated/α-hetero) is 1. The van der Waals surface area contributed by atoms with Crippen molar-refractivity contribution in [2.24, 2.45) is 0 Å². The number of benzene rings is 3. The number of carbonyl (C=O) groups is 1. The topological polar surface area (TPSA) is 116 Å². The molecule has 0 spiro atoms. The lowest BCUT2D eigenvalue weighted by Crippen LogP contribution is -2.33. The monoisotopic (exact) mass is 533 g/mol. The standard InChI is InChI=1S/C29H27NO7S/c1-38(33,34)24-12-10-21(11-13-24)27-26(20-6-3-2-4-7-20)30-28(37-27)25(31)19-36-23-9-5-8-22(18-23)29(32)14-16-35-17-15-29/h2-13,18,32H,14-17,19H2,1H3. The van der Waals surface area contributed by atoms with E-state index in [-0.39, 0.29) is 17.4 Å². The van der Waals surface area contributed by atoms with Crippen LogP contribution in [0.4, 0.5) is 0 Å². The molecule has 196 valence electrons. The molecule has 1 saturated heterocycles. The Bertz CT molecular complexity index is 1540. The third-order valence-corrected chi connectivity index (χ3v) is 7.65. The van der Waals surface area contributed by atoms with E-state index in [1.165, 1.54) is 12.1 Å². The summed E-state index contributed by atoms with van der Waals surface area (Å²) in [6.45, 7) is 0.646. The summed E-state index contributed by atoms with van der Waals surface area (Å²) in [7, 11) is -3.36. The molecule has 0 amide bonds. The summed E-state index contributed by atoms with van der Waals surface area (Å²) in [5, 5.41) is 11.0. The summed E-state index contributed by atoms with van der Waals surface area (Å²) in [6, 6.07) is 22.6. The fraction of sp³-hybridized carbons (Fsp3) is 0.241. The van der Waals surface area contributed by atoms with Crippen molar-refractivity contribution in [3.05, 3.63) is 90.3 Å². The van der Waals surface area contributed by atoms with Crippen LogP contribution in [0.3, 0.4) is 0 Å². The second kappa shape index (κ2) is 10.5. The zero-order valence-electron chi connectivity index (χ0n) is 20.8. The Labute approximate surface area is 220 Å². The highest BCUT2D eigenvalue weighted by Gasteiger charge is 2.32. The minimum atomic E-state index is -3.36. The van der Waals surface area contributed by atoms with Gasteiger partial charge in [-0.25, -0.2) is 13.4 Å². The minimum absolute atomic E-state index is 0.120. The van der Waals surface area contributed by atoms with E-state index in [1.807, 2.05) is 36.4 Å². The van der Waals surface area contributed by atoms with Gasteiger partial charge in [0, 0.05) is 43.4 Å². The molecule has 4 aromatic rings. The highest BCUT2D eigenvalue weighted by Crippen LogP contribution is 2.35. The average molecular weight is 534 g/mol. The molecule has 38 heavy (non-hydrogen) atoms. The van der Waals surface area contributed by atoms with Gasteiger partial charge >= 0.3 is 0 Å². The molecule has 0 aliphatic carbocycles. The highest BCUT2D eigenvalue weighted by atomic mass is 32.2. The second-order valence-corrected chi connectivity index (χ2v) is 11.3. The molecule has 5 rings (SSSR count). The average Bonchev–Trinajstić information content (AvgIpc) is 3.38. The van der Waals surface area contributed by atoms with Crippen LogP contribution in [-0.2, 0) is 20.2 Å². The van der Waals surface area contributed by atoms with Gasteiger partial charge in [-0.1, -0.05) is 42.5 Å². The van der Waals surface area contributed by atoms with Crippen LogP contribution in [-0.4, -0.2) is 50.4 Å². The Morgan fingerprint density at radius 2 is 1.68 bits per heavy atom. The van der Waals surface area contributed by atoms with Crippen LogP contribution >= 0.6 is 0 Å². The maximum absolute atomic E-state index is 13.1. The normalized spacial score (nSPS) is 15.2. The number of aromatic nitrogens is 1. The van der Waals surface area contributed by atoms with Crippen LogP contribution in [0, 0.1) is 0 Å². The van der Waals surface area contributed by atoms with E-state index >= 15 is 0 Å². The number of carbonyl (C=O) groups excluding carboxylic acids is 1. The Kier molecular flexibility index (Phi) is 7.16. The molecule has 1 fully saturated rings. The lowest BCUT2D eigenvalue weighted by molar-refractivity contribution is -0.0680. The fourth-order valence-corrected chi connectivity index (χ4v) is 4.99. The van der Waals surface area contributed by atoms with Gasteiger partial charge in [-0.05, 0) is 42.0 Å². The van der Waals surface area contributed by atoms with Gasteiger partial charge in [0.25, 0.3) is 11.7 Å². The number of oxazole rings is 1. The quantitative estimate of drug-likeness (QED) is 0.325. The SMILES string of the molecule is CS(=O)(=O)c1ccc(-c2oc(C(=O)COc3cccc(C4(O)CCOCC4)c3)nc2-c2ccccc2)cc1. The Balaban J connectivity index is 1.39. The van der Waals surface area contributed by atoms with Crippen molar-refractivity contribution in [2.45, 2.75) is 23.3 Å². The Morgan fingerprint density at radius 1 is 0.974 bits per heavy atom. The third kappa shape index (κ3) is 5.55. The number of sulfone groups is 1. The van der Waals surface area contributed by atoms with E-state index < -0.39 is 21.2 Å². The first-order valence-electron chi connectivity index (χ1n) is 12.2. The molecule has 3 aromatic carbocycles. The minimum Gasteiger partial charge on any atom is -0.485 e. The van der Waals surface area contributed by atoms with Gasteiger partial charge in [0.1, 0.15) is 11.4 Å². The fourth-order valence-electron chi connectivity index (χ4n) is 4.36. The Hall–Kier alpha value is -3.79. The maximum Gasteiger partial charge on any atom is 0.268 e. The predicted molar refractivity (Wildman–Crippen MR) is 141 cm³/mol. The number of nitrogens with zero attached hydrogens (tertiary/aromatic N) is 1. The van der Waals surface area contributed by atoms with Gasteiger partial charge in [0.15, 0.2) is 22.2 Å². The van der Waals surface area contributed by atoms with Gasteiger partial charge < -0.3 is 19.0 Å². The number of hydrogen-bond donors (Lipinski definition) is 1. The van der Waals surface area contributed by atoms with Gasteiger partial charge in [0.05, 0.1) is 10.5 Å². The van der Waals surface area contributed by atoms with Crippen molar-refractivity contribution in [1.29, 1.82) is 0 Å². The van der Waals surface area contributed by atoms with Gasteiger partial charge in [-0.2, -0.15) is 0 Å². The molecule has 9 heteroatoms. The van der Waals surface area contributed by atoms with Crippen LogP contribution in [0.1, 0.15) is 29.1 Å². The summed E-state index contributed by atoms with van der Waals surface area (Å²) in [4.78, 5) is 17.7. The predicted octanol–water partition coefficient (Wildman–Crippen LogP) is 4.67. The van der Waals surface area contributed by atoms with Crippen LogP contribution in [0.25, 0.3) is 22.6 Å². The summed E-state index contributed by atoms with van der Waals surface area (Å²) in [5.74, 6) is 0.215. The second-order valence-electron chi connectivity index (χ2n) is 9.24. The molecule has 1 aromatic heterocycles. The van der Waals surface area contributed by atoms with Crippen molar-refractivity contribution in [1.82, 2.24) is 4.98 Å². The lowest BCUT2D eigenvalue weighted by Gasteiger charge is -2.32. The van der Waals surface area contributed by atoms with Crippen LogP contribution in [0.15, 0.2) is 88.2 Å². The summed E-state index contributed by atoms with van der Waals surface area (Å²) >= 11 is 0. The van der Waals surface area contributed by atoms with Gasteiger partial charge in [-0.15, -0.1) is 0 Å². The van der Waals surface area contributed by atoms with Crippen LogP contribution < -0.4 is 4.74 Å². The molecular formula is C29H27NO7S. The first-order chi connectivity index (χ1) is 18.2. The molecule has 8 nitrogen and oxygen atoms in total. The molecule has 0 atom stereocenters. The van der Waals surface area contributed by atoms with E-state index in [0.717, 1.165) is 11.8 Å². The molecule has 1 aliphatic rings. The van der Waals surface area contributed by atoms with E-state index in [1.54, 1.807) is 30.3 Å². The largest absolute Gasteiger partial charge is 0.485 e. The van der Waals surface area contributed by atoms with Crippen molar-refractivity contribution in [3.63, 3.8) is 0 Å². The summed E-state index contributed by atoms with van der Waals surface area (Å²) in [5.41, 5.74) is 1.52. The van der Waals surface area contributed by atoms with Gasteiger partial charge in [0.2, 0.25) is 0 Å². The zero-order chi connectivity index (χ0) is 26.8. The number of ether oxygens (including phenoxy) is 2. The number of ketones is 1. The van der Waals surface area contributed by atoms with E-state index in [2.05, 4.69) is 4.98 Å². The zero-order valence-corrected chi connectivity index (χ0v) is 21.6. The van der Waals surface area contributed by atoms with E-state index in [9.17, 15) is 18.3 Å². The van der Waals surface area contributed by atoms with Gasteiger partial charge in [-0.3, -0.25) is 4.79 Å². The van der Waals surface area contributed by atoms with Crippen LogP contribution in [0.5, 0.6) is 5.75 Å². The summed E-state index contributed by atoms with van der Waals surface area (Å²) < 4.78 is 40.8. The lowest BCUT2D eigenvalue weighted by atomic mass is 9.86. The van der Waals surface area contributed by atoms with Crippen molar-refractivity contribution in [2.75, 3.05) is 26.1 Å². The molecule has 1 aliphatic heterocycles. The van der Waals surface area contributed by atoms with Crippen molar-refractivity contribution >= 4 is 15.6 Å².